The summed E-state index contributed by atoms with van der Waals surface area (Å²) in [5.41, 5.74) is 2.57. The van der Waals surface area contributed by atoms with Gasteiger partial charge in [0.15, 0.2) is 0 Å². The summed E-state index contributed by atoms with van der Waals surface area (Å²) in [7, 11) is -0.0911. The molecule has 0 atom stereocenters. The van der Waals surface area contributed by atoms with Crippen LogP contribution in [0.2, 0.25) is 0 Å². The number of sulfonamides is 1. The van der Waals surface area contributed by atoms with Gasteiger partial charge in [-0.15, -0.1) is 0 Å². The second-order valence-electron chi connectivity index (χ2n) is 6.93. The van der Waals surface area contributed by atoms with Crippen LogP contribution in [0.25, 0.3) is 0 Å². The molecule has 1 aromatic carbocycles. The lowest BCUT2D eigenvalue weighted by Gasteiger charge is -2.17. The molecule has 1 saturated heterocycles. The highest BCUT2D eigenvalue weighted by molar-refractivity contribution is 7.89. The Bertz CT molecular complexity index is 895. The number of rotatable bonds is 5. The molecule has 2 aromatic rings. The zero-order valence-corrected chi connectivity index (χ0v) is 16.3. The van der Waals surface area contributed by atoms with Crippen LogP contribution in [0.5, 0.6) is 0 Å². The number of carbonyl (C=O) groups is 1. The number of carbonyl (C=O) groups excluding carboxylic acids is 1. The Hall–Kier alpha value is -2.12. The summed E-state index contributed by atoms with van der Waals surface area (Å²) in [6.45, 7) is 3.59. The average molecular weight is 375 g/mol. The Morgan fingerprint density at radius 2 is 1.77 bits per heavy atom. The van der Waals surface area contributed by atoms with E-state index in [1.807, 2.05) is 31.2 Å². The van der Waals surface area contributed by atoms with E-state index in [4.69, 9.17) is 0 Å². The highest BCUT2D eigenvalue weighted by Crippen LogP contribution is 2.23. The van der Waals surface area contributed by atoms with Gasteiger partial charge in [-0.3, -0.25) is 4.79 Å². The molecule has 1 aromatic heterocycles. The predicted octanol–water partition coefficient (Wildman–Crippen LogP) is 2.39. The molecule has 3 rings (SSSR count). The SMILES string of the molecule is Cc1ccc(CN(C)C(=O)c2cc(S(=O)(=O)N3CCCC3)cn2C)cc1. The summed E-state index contributed by atoms with van der Waals surface area (Å²) >= 11 is 0. The third kappa shape index (κ3) is 3.68. The predicted molar refractivity (Wildman–Crippen MR) is 100 cm³/mol. The van der Waals surface area contributed by atoms with E-state index in [0.717, 1.165) is 18.4 Å². The van der Waals surface area contributed by atoms with Crippen LogP contribution in [0.1, 0.15) is 34.5 Å². The van der Waals surface area contributed by atoms with Crippen LogP contribution < -0.4 is 0 Å². The molecule has 0 bridgehead atoms. The van der Waals surface area contributed by atoms with Crippen molar-refractivity contribution in [2.24, 2.45) is 7.05 Å². The van der Waals surface area contributed by atoms with E-state index in [1.165, 1.54) is 22.1 Å². The Labute approximate surface area is 155 Å². The van der Waals surface area contributed by atoms with Crippen molar-refractivity contribution < 1.29 is 13.2 Å². The fraction of sp³-hybridized carbons (Fsp3) is 0.421. The second kappa shape index (κ2) is 7.25. The van der Waals surface area contributed by atoms with Gasteiger partial charge in [0.2, 0.25) is 10.0 Å². The highest BCUT2D eigenvalue weighted by Gasteiger charge is 2.29. The van der Waals surface area contributed by atoms with Crippen LogP contribution in [-0.2, 0) is 23.6 Å². The van der Waals surface area contributed by atoms with Crippen LogP contribution in [0.4, 0.5) is 0 Å². The summed E-state index contributed by atoms with van der Waals surface area (Å²) in [6, 6.07) is 9.50. The molecule has 0 radical (unpaired) electrons. The normalized spacial score (nSPS) is 15.3. The van der Waals surface area contributed by atoms with Gasteiger partial charge >= 0.3 is 0 Å². The first-order valence-electron chi connectivity index (χ1n) is 8.76. The molecular weight excluding hydrogens is 350 g/mol. The average Bonchev–Trinajstić information content (AvgIpc) is 3.26. The minimum Gasteiger partial charge on any atom is -0.345 e. The van der Waals surface area contributed by atoms with Crippen molar-refractivity contribution in [2.75, 3.05) is 20.1 Å². The Balaban J connectivity index is 1.79. The molecule has 6 nitrogen and oxygen atoms in total. The van der Waals surface area contributed by atoms with E-state index in [9.17, 15) is 13.2 Å². The van der Waals surface area contributed by atoms with E-state index in [-0.39, 0.29) is 10.8 Å². The minimum atomic E-state index is -3.52. The number of nitrogens with zero attached hydrogens (tertiary/aromatic N) is 3. The number of aryl methyl sites for hydroxylation is 2. The maximum absolute atomic E-state index is 12.8. The number of benzene rings is 1. The first-order chi connectivity index (χ1) is 12.3. The van der Waals surface area contributed by atoms with E-state index in [1.54, 1.807) is 23.6 Å². The van der Waals surface area contributed by atoms with Crippen LogP contribution >= 0.6 is 0 Å². The van der Waals surface area contributed by atoms with E-state index < -0.39 is 10.0 Å². The zero-order chi connectivity index (χ0) is 18.9. The van der Waals surface area contributed by atoms with Crippen LogP contribution in [0.3, 0.4) is 0 Å². The van der Waals surface area contributed by atoms with Gasteiger partial charge in [0.1, 0.15) is 10.6 Å². The molecule has 0 saturated carbocycles. The lowest BCUT2D eigenvalue weighted by Crippen LogP contribution is -2.28. The smallest absolute Gasteiger partial charge is 0.270 e. The van der Waals surface area contributed by atoms with Gasteiger partial charge in [-0.1, -0.05) is 29.8 Å². The first kappa shape index (κ1) is 18.7. The summed E-state index contributed by atoms with van der Waals surface area (Å²) in [5, 5.41) is 0. The van der Waals surface area contributed by atoms with Gasteiger partial charge in [0, 0.05) is 39.9 Å². The van der Waals surface area contributed by atoms with E-state index >= 15 is 0 Å². The van der Waals surface area contributed by atoms with Crippen molar-refractivity contribution in [1.29, 1.82) is 0 Å². The van der Waals surface area contributed by atoms with Gasteiger partial charge < -0.3 is 9.47 Å². The standard InChI is InChI=1S/C19H25N3O3S/c1-15-6-8-16(9-7-15)13-21(3)19(23)18-12-17(14-20(18)2)26(24,25)22-10-4-5-11-22/h6-9,12,14H,4-5,10-11,13H2,1-3H3. The molecule has 0 spiro atoms. The topological polar surface area (TPSA) is 62.6 Å². The molecule has 1 amide bonds. The third-order valence-corrected chi connectivity index (χ3v) is 6.65. The maximum atomic E-state index is 12.8. The number of hydrogen-bond acceptors (Lipinski definition) is 3. The van der Waals surface area contributed by atoms with Crippen molar-refractivity contribution in [3.8, 4) is 0 Å². The van der Waals surface area contributed by atoms with Crippen molar-refractivity contribution in [2.45, 2.75) is 31.2 Å². The lowest BCUT2D eigenvalue weighted by atomic mass is 10.1. The van der Waals surface area contributed by atoms with Crippen molar-refractivity contribution in [1.82, 2.24) is 13.8 Å². The van der Waals surface area contributed by atoms with Gasteiger partial charge in [-0.05, 0) is 31.4 Å². The van der Waals surface area contributed by atoms with Crippen LogP contribution in [-0.4, -0.2) is 48.2 Å². The number of hydrogen-bond donors (Lipinski definition) is 0. The van der Waals surface area contributed by atoms with Crippen LogP contribution in [0, 0.1) is 6.92 Å². The van der Waals surface area contributed by atoms with Crippen LogP contribution in [0.15, 0.2) is 41.4 Å². The Kier molecular flexibility index (Phi) is 5.20. The molecule has 140 valence electrons. The van der Waals surface area contributed by atoms with Gasteiger partial charge in [-0.25, -0.2) is 8.42 Å². The Morgan fingerprint density at radius 1 is 1.15 bits per heavy atom. The monoisotopic (exact) mass is 375 g/mol. The van der Waals surface area contributed by atoms with Gasteiger partial charge in [0.25, 0.3) is 5.91 Å². The number of aromatic nitrogens is 1. The van der Waals surface area contributed by atoms with Gasteiger partial charge in [-0.2, -0.15) is 4.31 Å². The molecule has 7 heteroatoms. The molecule has 1 aliphatic heterocycles. The molecule has 2 heterocycles. The summed E-state index contributed by atoms with van der Waals surface area (Å²) in [6.07, 6.45) is 3.30. The molecule has 0 unspecified atom stereocenters. The fourth-order valence-electron chi connectivity index (χ4n) is 3.20. The summed E-state index contributed by atoms with van der Waals surface area (Å²) in [5.74, 6) is -0.198. The quantitative estimate of drug-likeness (QED) is 0.806. The molecule has 0 aliphatic carbocycles. The first-order valence-corrected chi connectivity index (χ1v) is 10.2. The largest absolute Gasteiger partial charge is 0.345 e. The molecule has 0 N–H and O–H groups in total. The Morgan fingerprint density at radius 3 is 2.38 bits per heavy atom. The molecule has 26 heavy (non-hydrogen) atoms. The van der Waals surface area contributed by atoms with E-state index in [2.05, 4.69) is 0 Å². The lowest BCUT2D eigenvalue weighted by molar-refractivity contribution is 0.0775. The molecule has 1 aliphatic rings. The number of amides is 1. The second-order valence-corrected chi connectivity index (χ2v) is 8.87. The third-order valence-electron chi connectivity index (χ3n) is 4.79. The maximum Gasteiger partial charge on any atom is 0.270 e. The molecule has 1 fully saturated rings. The summed E-state index contributed by atoms with van der Waals surface area (Å²) < 4.78 is 28.5. The van der Waals surface area contributed by atoms with Crippen molar-refractivity contribution in [3.63, 3.8) is 0 Å². The minimum absolute atomic E-state index is 0.189. The van der Waals surface area contributed by atoms with Gasteiger partial charge in [0.05, 0.1) is 0 Å². The van der Waals surface area contributed by atoms with Crippen molar-refractivity contribution >= 4 is 15.9 Å². The fourth-order valence-corrected chi connectivity index (χ4v) is 4.79. The zero-order valence-electron chi connectivity index (χ0n) is 15.5. The molecular formula is C19H25N3O3S. The highest BCUT2D eigenvalue weighted by atomic mass is 32.2. The van der Waals surface area contributed by atoms with E-state index in [0.29, 0.717) is 25.3 Å². The van der Waals surface area contributed by atoms with Crippen molar-refractivity contribution in [3.05, 3.63) is 53.3 Å². The summed E-state index contributed by atoms with van der Waals surface area (Å²) in [4.78, 5) is 14.6.